The molecule has 0 aliphatic carbocycles. The zero-order chi connectivity index (χ0) is 12.1. The Hall–Kier alpha value is -2.37. The molecule has 6 heteroatoms. The number of carbonyl (C=O) groups is 3. The minimum atomic E-state index is -1.17. The Kier molecular flexibility index (Phi) is 3.60. The minimum absolute atomic E-state index is 0.104. The van der Waals surface area contributed by atoms with E-state index in [0.717, 1.165) is 0 Å². The van der Waals surface area contributed by atoms with Gasteiger partial charge in [0, 0.05) is 0 Å². The highest BCUT2D eigenvalue weighted by Gasteiger charge is 2.23. The van der Waals surface area contributed by atoms with Crippen LogP contribution in [-0.4, -0.2) is 22.9 Å². The van der Waals surface area contributed by atoms with Crippen molar-refractivity contribution in [1.82, 2.24) is 4.90 Å². The Bertz CT molecular complexity index is 403. The Morgan fingerprint density at radius 1 is 1.00 bits per heavy atom. The number of carbonyl (C=O) groups excluding carboxylic acids is 3. The predicted molar refractivity (Wildman–Crippen MR) is 56.2 cm³/mol. The summed E-state index contributed by atoms with van der Waals surface area (Å²) < 4.78 is 0. The van der Waals surface area contributed by atoms with E-state index in [0.29, 0.717) is 5.56 Å². The molecule has 1 rings (SSSR count). The van der Waals surface area contributed by atoms with Crippen molar-refractivity contribution in [2.75, 3.05) is 0 Å². The molecular formula is C10H11N3O3. The molecule has 1 aromatic rings. The van der Waals surface area contributed by atoms with Crippen molar-refractivity contribution in [3.63, 3.8) is 0 Å². The first-order valence-corrected chi connectivity index (χ1v) is 4.48. The summed E-state index contributed by atoms with van der Waals surface area (Å²) in [5.74, 6) is -0.744. The van der Waals surface area contributed by atoms with Gasteiger partial charge in [-0.3, -0.25) is 4.79 Å². The average molecular weight is 221 g/mol. The van der Waals surface area contributed by atoms with E-state index in [-0.39, 0.29) is 11.3 Å². The lowest BCUT2D eigenvalue weighted by Crippen LogP contribution is -2.48. The summed E-state index contributed by atoms with van der Waals surface area (Å²) in [6.45, 7) is 0. The topological polar surface area (TPSA) is 106 Å². The Labute approximate surface area is 91.8 Å². The van der Waals surface area contributed by atoms with Crippen molar-refractivity contribution in [1.29, 1.82) is 0 Å². The summed E-state index contributed by atoms with van der Waals surface area (Å²) in [4.78, 5) is 33.3. The van der Waals surface area contributed by atoms with Crippen LogP contribution in [0.3, 0.4) is 0 Å². The van der Waals surface area contributed by atoms with Crippen molar-refractivity contribution in [3.05, 3.63) is 35.9 Å². The van der Waals surface area contributed by atoms with Crippen molar-refractivity contribution in [2.45, 2.75) is 6.42 Å². The van der Waals surface area contributed by atoms with Gasteiger partial charge in [0.1, 0.15) is 0 Å². The lowest BCUT2D eigenvalue weighted by atomic mass is 10.1. The normalized spacial score (nSPS) is 9.50. The maximum absolute atomic E-state index is 11.5. The SMILES string of the molecule is NC(=O)N(C(N)=O)C(=O)Cc1ccccc1. The highest BCUT2D eigenvalue weighted by atomic mass is 16.2. The van der Waals surface area contributed by atoms with Gasteiger partial charge in [0.25, 0.3) is 0 Å². The smallest absolute Gasteiger partial charge is 0.329 e. The van der Waals surface area contributed by atoms with Crippen LogP contribution in [0, 0.1) is 0 Å². The fraction of sp³-hybridized carbons (Fsp3) is 0.100. The third-order valence-electron chi connectivity index (χ3n) is 1.89. The van der Waals surface area contributed by atoms with Crippen LogP contribution in [0.1, 0.15) is 5.56 Å². The van der Waals surface area contributed by atoms with Gasteiger partial charge in [-0.05, 0) is 5.56 Å². The van der Waals surface area contributed by atoms with Crippen molar-refractivity contribution < 1.29 is 14.4 Å². The van der Waals surface area contributed by atoms with E-state index in [1.54, 1.807) is 30.3 Å². The molecule has 0 aliphatic rings. The third kappa shape index (κ3) is 2.81. The summed E-state index contributed by atoms with van der Waals surface area (Å²) in [5, 5.41) is 0. The van der Waals surface area contributed by atoms with Gasteiger partial charge in [0.2, 0.25) is 5.91 Å². The number of primary amides is 2. The molecule has 0 fully saturated rings. The standard InChI is InChI=1S/C10H11N3O3/c11-9(15)13(10(12)16)8(14)6-7-4-2-1-3-5-7/h1-5H,6H2,(H2,11,15)(H2,12,16). The summed E-state index contributed by atoms with van der Waals surface area (Å²) >= 11 is 0. The highest BCUT2D eigenvalue weighted by molar-refractivity contribution is 6.09. The molecule has 16 heavy (non-hydrogen) atoms. The van der Waals surface area contributed by atoms with Crippen LogP contribution in [0.4, 0.5) is 9.59 Å². The van der Waals surface area contributed by atoms with Gasteiger partial charge in [-0.15, -0.1) is 0 Å². The molecule has 0 saturated carbocycles. The predicted octanol–water partition coefficient (Wildman–Crippen LogP) is 0.215. The van der Waals surface area contributed by atoms with E-state index in [1.165, 1.54) is 0 Å². The fourth-order valence-corrected chi connectivity index (χ4v) is 1.20. The van der Waals surface area contributed by atoms with Gasteiger partial charge in [-0.25, -0.2) is 9.59 Å². The van der Waals surface area contributed by atoms with Crippen LogP contribution in [-0.2, 0) is 11.2 Å². The minimum Gasteiger partial charge on any atom is -0.351 e. The molecule has 0 heterocycles. The summed E-state index contributed by atoms with van der Waals surface area (Å²) in [6, 6.07) is 6.30. The van der Waals surface area contributed by atoms with Crippen molar-refractivity contribution in [2.24, 2.45) is 11.5 Å². The first-order chi connectivity index (χ1) is 7.52. The van der Waals surface area contributed by atoms with Gasteiger partial charge in [-0.2, -0.15) is 4.90 Å². The third-order valence-corrected chi connectivity index (χ3v) is 1.89. The summed E-state index contributed by atoms with van der Waals surface area (Å²) in [5.41, 5.74) is 10.4. The Morgan fingerprint density at radius 2 is 1.50 bits per heavy atom. The molecular weight excluding hydrogens is 210 g/mol. The molecule has 0 spiro atoms. The van der Waals surface area contributed by atoms with Crippen LogP contribution in [0.25, 0.3) is 0 Å². The molecule has 0 radical (unpaired) electrons. The highest BCUT2D eigenvalue weighted by Crippen LogP contribution is 2.02. The molecule has 4 N–H and O–H groups in total. The second-order valence-corrected chi connectivity index (χ2v) is 3.07. The van der Waals surface area contributed by atoms with Crippen LogP contribution in [0.2, 0.25) is 0 Å². The Balaban J connectivity index is 2.78. The van der Waals surface area contributed by atoms with E-state index < -0.39 is 18.0 Å². The number of urea groups is 2. The quantitative estimate of drug-likeness (QED) is 0.745. The maximum atomic E-state index is 11.5. The Morgan fingerprint density at radius 3 is 1.94 bits per heavy atom. The number of hydrogen-bond acceptors (Lipinski definition) is 3. The molecule has 0 aromatic heterocycles. The van der Waals surface area contributed by atoms with E-state index in [9.17, 15) is 14.4 Å². The van der Waals surface area contributed by atoms with E-state index in [1.807, 2.05) is 0 Å². The molecule has 0 bridgehead atoms. The lowest BCUT2D eigenvalue weighted by molar-refractivity contribution is -0.125. The van der Waals surface area contributed by atoms with E-state index >= 15 is 0 Å². The van der Waals surface area contributed by atoms with E-state index in [4.69, 9.17) is 11.5 Å². The summed E-state index contributed by atoms with van der Waals surface area (Å²) in [6.07, 6.45) is -0.104. The maximum Gasteiger partial charge on any atom is 0.329 e. The van der Waals surface area contributed by atoms with Gasteiger partial charge in [-0.1, -0.05) is 30.3 Å². The van der Waals surface area contributed by atoms with Crippen molar-refractivity contribution >= 4 is 18.0 Å². The fourth-order valence-electron chi connectivity index (χ4n) is 1.20. The van der Waals surface area contributed by atoms with Crippen LogP contribution in [0.15, 0.2) is 30.3 Å². The number of hydrogen-bond donors (Lipinski definition) is 2. The second kappa shape index (κ2) is 4.92. The number of rotatable bonds is 2. The zero-order valence-corrected chi connectivity index (χ0v) is 8.42. The number of imide groups is 3. The molecule has 1 aromatic carbocycles. The molecule has 0 atom stereocenters. The largest absolute Gasteiger partial charge is 0.351 e. The summed E-state index contributed by atoms with van der Waals surface area (Å²) in [7, 11) is 0. The van der Waals surface area contributed by atoms with Gasteiger partial charge < -0.3 is 11.5 Å². The second-order valence-electron chi connectivity index (χ2n) is 3.07. The first kappa shape index (κ1) is 11.7. The van der Waals surface area contributed by atoms with Gasteiger partial charge in [0.05, 0.1) is 6.42 Å². The first-order valence-electron chi connectivity index (χ1n) is 4.48. The molecule has 0 saturated heterocycles. The van der Waals surface area contributed by atoms with Crippen molar-refractivity contribution in [3.8, 4) is 0 Å². The van der Waals surface area contributed by atoms with E-state index in [2.05, 4.69) is 0 Å². The number of nitrogens with two attached hydrogens (primary N) is 2. The van der Waals surface area contributed by atoms with Crippen LogP contribution >= 0.6 is 0 Å². The van der Waals surface area contributed by atoms with Gasteiger partial charge >= 0.3 is 12.1 Å². The molecule has 5 amide bonds. The average Bonchev–Trinajstić information content (AvgIpc) is 2.17. The number of benzene rings is 1. The zero-order valence-electron chi connectivity index (χ0n) is 8.42. The molecule has 0 aliphatic heterocycles. The monoisotopic (exact) mass is 221 g/mol. The number of nitrogens with zero attached hydrogens (tertiary/aromatic N) is 1. The number of amides is 5. The molecule has 6 nitrogen and oxygen atoms in total. The lowest BCUT2D eigenvalue weighted by Gasteiger charge is -2.13. The van der Waals surface area contributed by atoms with Gasteiger partial charge in [0.15, 0.2) is 0 Å². The van der Waals surface area contributed by atoms with Crippen LogP contribution < -0.4 is 11.5 Å². The molecule has 84 valence electrons. The molecule has 0 unspecified atom stereocenters. The van der Waals surface area contributed by atoms with Crippen LogP contribution in [0.5, 0.6) is 0 Å².